The van der Waals surface area contributed by atoms with E-state index >= 15 is 0 Å². The summed E-state index contributed by atoms with van der Waals surface area (Å²) in [5.74, 6) is 5.96. The quantitative estimate of drug-likeness (QED) is 0.636. The number of benzene rings is 1. The predicted octanol–water partition coefficient (Wildman–Crippen LogP) is 1.39. The van der Waals surface area contributed by atoms with Crippen molar-refractivity contribution >= 4 is 11.6 Å². The Morgan fingerprint density at radius 1 is 1.58 bits per heavy atom. The molecular formula is C14H21N3O2. The molecule has 1 aromatic rings. The number of amides is 1. The first-order valence-electron chi connectivity index (χ1n) is 6.51. The summed E-state index contributed by atoms with van der Waals surface area (Å²) >= 11 is 0. The summed E-state index contributed by atoms with van der Waals surface area (Å²) in [6.45, 7) is 4.22. The van der Waals surface area contributed by atoms with Gasteiger partial charge in [-0.25, -0.2) is 0 Å². The Labute approximate surface area is 113 Å². The van der Waals surface area contributed by atoms with Crippen LogP contribution >= 0.6 is 0 Å². The Morgan fingerprint density at radius 3 is 3.05 bits per heavy atom. The highest BCUT2D eigenvalue weighted by Gasteiger charge is 2.27. The van der Waals surface area contributed by atoms with Crippen LogP contribution in [0.4, 0.5) is 5.69 Å². The number of nitrogen functional groups attached to an aromatic ring is 1. The Hall–Kier alpha value is -1.59. The first kappa shape index (κ1) is 13.8. The Kier molecular flexibility index (Phi) is 4.39. The van der Waals surface area contributed by atoms with Gasteiger partial charge in [0.15, 0.2) is 0 Å². The van der Waals surface area contributed by atoms with Gasteiger partial charge in [0, 0.05) is 26.1 Å². The van der Waals surface area contributed by atoms with Crippen LogP contribution in [-0.2, 0) is 4.74 Å². The van der Waals surface area contributed by atoms with Crippen molar-refractivity contribution < 1.29 is 9.53 Å². The molecule has 1 fully saturated rings. The van der Waals surface area contributed by atoms with E-state index in [1.54, 1.807) is 7.11 Å². The normalized spacial score (nSPS) is 18.7. The van der Waals surface area contributed by atoms with Gasteiger partial charge in [0.25, 0.3) is 5.91 Å². The van der Waals surface area contributed by atoms with Crippen molar-refractivity contribution in [2.45, 2.75) is 13.3 Å². The second-order valence-electron chi connectivity index (χ2n) is 5.05. The largest absolute Gasteiger partial charge is 0.384 e. The molecule has 1 heterocycles. The SMILES string of the molecule is COCC1CCN(C(=O)c2ccc(C)cc2NN)C1. The van der Waals surface area contributed by atoms with Crippen LogP contribution in [0.25, 0.3) is 0 Å². The zero-order chi connectivity index (χ0) is 13.8. The van der Waals surface area contributed by atoms with E-state index in [2.05, 4.69) is 5.43 Å². The highest BCUT2D eigenvalue weighted by molar-refractivity contribution is 5.99. The number of hydrogen-bond donors (Lipinski definition) is 2. The summed E-state index contributed by atoms with van der Waals surface area (Å²) in [5, 5.41) is 0. The van der Waals surface area contributed by atoms with Crippen molar-refractivity contribution in [3.63, 3.8) is 0 Å². The van der Waals surface area contributed by atoms with Gasteiger partial charge in [0.2, 0.25) is 0 Å². The van der Waals surface area contributed by atoms with Crippen molar-refractivity contribution in [1.29, 1.82) is 0 Å². The summed E-state index contributed by atoms with van der Waals surface area (Å²) < 4.78 is 5.15. The summed E-state index contributed by atoms with van der Waals surface area (Å²) in [6, 6.07) is 5.64. The highest BCUT2D eigenvalue weighted by atomic mass is 16.5. The number of aryl methyl sites for hydroxylation is 1. The summed E-state index contributed by atoms with van der Waals surface area (Å²) in [4.78, 5) is 14.3. The molecule has 0 aliphatic carbocycles. The van der Waals surface area contributed by atoms with Gasteiger partial charge in [-0.15, -0.1) is 0 Å². The number of carbonyl (C=O) groups excluding carboxylic acids is 1. The van der Waals surface area contributed by atoms with Crippen molar-refractivity contribution in [3.8, 4) is 0 Å². The molecule has 3 N–H and O–H groups in total. The van der Waals surface area contributed by atoms with Crippen LogP contribution in [0.1, 0.15) is 22.3 Å². The minimum Gasteiger partial charge on any atom is -0.384 e. The zero-order valence-electron chi connectivity index (χ0n) is 11.5. The molecule has 1 aliphatic rings. The molecule has 19 heavy (non-hydrogen) atoms. The first-order valence-corrected chi connectivity index (χ1v) is 6.51. The number of nitrogens with one attached hydrogen (secondary N) is 1. The second-order valence-corrected chi connectivity index (χ2v) is 5.05. The van der Waals surface area contributed by atoms with Crippen molar-refractivity contribution in [2.75, 3.05) is 32.2 Å². The van der Waals surface area contributed by atoms with Gasteiger partial charge in [-0.2, -0.15) is 0 Å². The van der Waals surface area contributed by atoms with Gasteiger partial charge in [0.05, 0.1) is 17.9 Å². The predicted molar refractivity (Wildman–Crippen MR) is 74.9 cm³/mol. The minimum atomic E-state index is 0.0338. The van der Waals surface area contributed by atoms with Gasteiger partial charge >= 0.3 is 0 Å². The fourth-order valence-electron chi connectivity index (χ4n) is 2.52. The molecule has 1 unspecified atom stereocenters. The van der Waals surface area contributed by atoms with E-state index in [1.165, 1.54) is 0 Å². The molecule has 0 radical (unpaired) electrons. The topological polar surface area (TPSA) is 67.6 Å². The van der Waals surface area contributed by atoms with E-state index in [1.807, 2.05) is 30.0 Å². The van der Waals surface area contributed by atoms with Crippen LogP contribution in [0.2, 0.25) is 0 Å². The lowest BCUT2D eigenvalue weighted by molar-refractivity contribution is 0.0776. The molecular weight excluding hydrogens is 242 g/mol. The van der Waals surface area contributed by atoms with Gasteiger partial charge in [-0.05, 0) is 31.0 Å². The number of rotatable bonds is 4. The molecule has 0 aromatic heterocycles. The van der Waals surface area contributed by atoms with E-state index in [4.69, 9.17) is 10.6 Å². The number of nitrogens with two attached hydrogens (primary N) is 1. The zero-order valence-corrected chi connectivity index (χ0v) is 11.5. The highest BCUT2D eigenvalue weighted by Crippen LogP contribution is 2.23. The Balaban J connectivity index is 2.12. The van der Waals surface area contributed by atoms with E-state index < -0.39 is 0 Å². The van der Waals surface area contributed by atoms with Crippen LogP contribution in [0.3, 0.4) is 0 Å². The second kappa shape index (κ2) is 6.04. The average Bonchev–Trinajstić information content (AvgIpc) is 2.87. The smallest absolute Gasteiger partial charge is 0.256 e. The molecule has 104 valence electrons. The minimum absolute atomic E-state index is 0.0338. The van der Waals surface area contributed by atoms with Crippen LogP contribution in [0, 0.1) is 12.8 Å². The van der Waals surface area contributed by atoms with Crippen LogP contribution in [-0.4, -0.2) is 37.6 Å². The number of methoxy groups -OCH3 is 1. The van der Waals surface area contributed by atoms with E-state index in [0.717, 1.165) is 25.1 Å². The lowest BCUT2D eigenvalue weighted by Gasteiger charge is -2.18. The fourth-order valence-corrected chi connectivity index (χ4v) is 2.52. The molecule has 0 saturated carbocycles. The standard InChI is InChI=1S/C14H21N3O2/c1-10-3-4-12(13(7-10)16-15)14(18)17-6-5-11(8-17)9-19-2/h3-4,7,11,16H,5-6,8-9,15H2,1-2H3. The molecule has 1 aromatic carbocycles. The maximum absolute atomic E-state index is 12.5. The fraction of sp³-hybridized carbons (Fsp3) is 0.500. The van der Waals surface area contributed by atoms with Gasteiger partial charge in [0.1, 0.15) is 0 Å². The molecule has 0 bridgehead atoms. The van der Waals surface area contributed by atoms with Crippen LogP contribution in [0.15, 0.2) is 18.2 Å². The Morgan fingerprint density at radius 2 is 2.37 bits per heavy atom. The van der Waals surface area contributed by atoms with E-state index in [-0.39, 0.29) is 5.91 Å². The van der Waals surface area contributed by atoms with Gasteiger partial charge < -0.3 is 15.1 Å². The first-order chi connectivity index (χ1) is 9.15. The molecule has 1 saturated heterocycles. The average molecular weight is 263 g/mol. The maximum atomic E-state index is 12.5. The molecule has 2 rings (SSSR count). The number of nitrogens with zero attached hydrogens (tertiary/aromatic N) is 1. The molecule has 1 amide bonds. The van der Waals surface area contributed by atoms with Crippen molar-refractivity contribution in [1.82, 2.24) is 4.90 Å². The number of hydrogen-bond acceptors (Lipinski definition) is 4. The number of carbonyl (C=O) groups is 1. The van der Waals surface area contributed by atoms with Crippen molar-refractivity contribution in [3.05, 3.63) is 29.3 Å². The molecule has 5 heteroatoms. The van der Waals surface area contributed by atoms with Gasteiger partial charge in [-0.3, -0.25) is 10.6 Å². The van der Waals surface area contributed by atoms with Crippen LogP contribution < -0.4 is 11.3 Å². The molecule has 0 spiro atoms. The third-order valence-electron chi connectivity index (χ3n) is 3.54. The third-order valence-corrected chi connectivity index (χ3v) is 3.54. The molecule has 1 atom stereocenters. The molecule has 5 nitrogen and oxygen atoms in total. The third kappa shape index (κ3) is 3.05. The summed E-state index contributed by atoms with van der Waals surface area (Å²) in [6.07, 6.45) is 0.997. The number of hydrazine groups is 1. The van der Waals surface area contributed by atoms with E-state index in [0.29, 0.717) is 23.8 Å². The van der Waals surface area contributed by atoms with Gasteiger partial charge in [-0.1, -0.05) is 6.07 Å². The number of ether oxygens (including phenoxy) is 1. The Bertz CT molecular complexity index is 462. The monoisotopic (exact) mass is 263 g/mol. The maximum Gasteiger partial charge on any atom is 0.256 e. The number of likely N-dealkylation sites (tertiary alicyclic amines) is 1. The van der Waals surface area contributed by atoms with E-state index in [9.17, 15) is 4.79 Å². The lowest BCUT2D eigenvalue weighted by Crippen LogP contribution is -2.30. The van der Waals surface area contributed by atoms with Crippen molar-refractivity contribution in [2.24, 2.45) is 11.8 Å². The summed E-state index contributed by atoms with van der Waals surface area (Å²) in [7, 11) is 1.70. The number of anilines is 1. The van der Waals surface area contributed by atoms with Crippen LogP contribution in [0.5, 0.6) is 0 Å². The lowest BCUT2D eigenvalue weighted by atomic mass is 10.1. The summed E-state index contributed by atoms with van der Waals surface area (Å²) in [5.41, 5.74) is 4.99. The molecule has 1 aliphatic heterocycles.